The fraction of sp³-hybridized carbons (Fsp3) is 0.571. The fourth-order valence-electron chi connectivity index (χ4n) is 2.96. The topological polar surface area (TPSA) is 131 Å². The number of carbonyl (C=O) groups is 1. The number of halogens is 1. The highest BCUT2D eigenvalue weighted by Gasteiger charge is 2.30. The van der Waals surface area contributed by atoms with Crippen LogP contribution in [0, 0.1) is 6.92 Å². The number of sulfonamides is 1. The second kappa shape index (κ2) is 11.6. The van der Waals surface area contributed by atoms with Crippen LogP contribution >= 0.6 is 10.7 Å². The number of hydrogen-bond acceptors (Lipinski definition) is 8. The van der Waals surface area contributed by atoms with Crippen molar-refractivity contribution >= 4 is 35.7 Å². The molecule has 1 aliphatic heterocycles. The summed E-state index contributed by atoms with van der Waals surface area (Å²) in [4.78, 5) is 18.4. The Bertz CT molecular complexity index is 1170. The standard InChI is InChI=1S/C18H24N4O4S.C3H7ClO2S/c1-13(2)27(24,25)22-10-8-21(9-11-22)17(23)12-15-4-6-16(7-5-15)18-19-14(3)26-20-18;1-3(2)7(4,5)6/h4-7,13H,8-12H2,1-3H3;3H,1-2H3. The number of hydrogen-bond donors (Lipinski definition) is 0. The summed E-state index contributed by atoms with van der Waals surface area (Å²) < 4.78 is 51.1. The summed E-state index contributed by atoms with van der Waals surface area (Å²) in [5, 5.41) is 2.97. The maximum absolute atomic E-state index is 12.5. The van der Waals surface area contributed by atoms with Crippen molar-refractivity contribution in [3.05, 3.63) is 35.7 Å². The number of carbonyl (C=O) groups excluding carboxylic acids is 1. The highest BCUT2D eigenvalue weighted by molar-refractivity contribution is 8.14. The monoisotopic (exact) mass is 534 g/mol. The number of rotatable bonds is 6. The molecular weight excluding hydrogens is 504 g/mol. The summed E-state index contributed by atoms with van der Waals surface area (Å²) in [5.74, 6) is 1.02. The lowest BCUT2D eigenvalue weighted by molar-refractivity contribution is -0.131. The zero-order valence-corrected chi connectivity index (χ0v) is 22.3. The minimum Gasteiger partial charge on any atom is -0.340 e. The molecule has 10 nitrogen and oxygen atoms in total. The van der Waals surface area contributed by atoms with E-state index in [4.69, 9.17) is 15.2 Å². The number of aryl methyl sites for hydroxylation is 1. The molecule has 0 spiro atoms. The summed E-state index contributed by atoms with van der Waals surface area (Å²) in [6.07, 6.45) is 0.280. The van der Waals surface area contributed by atoms with Gasteiger partial charge >= 0.3 is 0 Å². The van der Waals surface area contributed by atoms with Crippen LogP contribution in [-0.2, 0) is 30.3 Å². The van der Waals surface area contributed by atoms with Gasteiger partial charge in [-0.25, -0.2) is 16.8 Å². The maximum atomic E-state index is 12.5. The summed E-state index contributed by atoms with van der Waals surface area (Å²) >= 11 is 0. The SMILES string of the molecule is CC(C)S(=O)(=O)Cl.Cc1nc(-c2ccc(CC(=O)N3CCN(S(=O)(=O)C(C)C)CC3)cc2)no1. The van der Waals surface area contributed by atoms with Gasteiger partial charge in [0.2, 0.25) is 36.7 Å². The van der Waals surface area contributed by atoms with Crippen molar-refractivity contribution in [3.63, 3.8) is 0 Å². The Morgan fingerprint density at radius 1 is 1.00 bits per heavy atom. The van der Waals surface area contributed by atoms with Crippen molar-refractivity contribution in [2.24, 2.45) is 0 Å². The largest absolute Gasteiger partial charge is 0.340 e. The third-order valence-electron chi connectivity index (χ3n) is 5.21. The Morgan fingerprint density at radius 2 is 1.53 bits per heavy atom. The molecule has 1 amide bonds. The molecule has 0 radical (unpaired) electrons. The van der Waals surface area contributed by atoms with Crippen LogP contribution in [0.15, 0.2) is 28.8 Å². The molecule has 190 valence electrons. The Morgan fingerprint density at radius 3 is 1.94 bits per heavy atom. The van der Waals surface area contributed by atoms with Gasteiger partial charge in [0.1, 0.15) is 0 Å². The Balaban J connectivity index is 0.000000509. The number of benzene rings is 1. The van der Waals surface area contributed by atoms with Crippen molar-refractivity contribution in [1.29, 1.82) is 0 Å². The minimum atomic E-state index is -3.27. The lowest BCUT2D eigenvalue weighted by Gasteiger charge is -2.35. The van der Waals surface area contributed by atoms with Crippen LogP contribution in [0.4, 0.5) is 0 Å². The van der Waals surface area contributed by atoms with Gasteiger partial charge in [0.05, 0.1) is 16.9 Å². The summed E-state index contributed by atoms with van der Waals surface area (Å²) in [6, 6.07) is 7.47. The predicted octanol–water partition coefficient (Wildman–Crippen LogP) is 2.43. The van der Waals surface area contributed by atoms with E-state index in [0.29, 0.717) is 37.9 Å². The minimum absolute atomic E-state index is 0.000231. The van der Waals surface area contributed by atoms with E-state index in [9.17, 15) is 21.6 Å². The first-order valence-corrected chi connectivity index (χ1v) is 14.7. The molecular formula is C21H31ClN4O6S2. The quantitative estimate of drug-likeness (QED) is 0.516. The van der Waals surface area contributed by atoms with Crippen molar-refractivity contribution in [2.45, 2.75) is 51.5 Å². The van der Waals surface area contributed by atoms with Gasteiger partial charge in [0.15, 0.2) is 0 Å². The van der Waals surface area contributed by atoms with Crippen molar-refractivity contribution in [2.75, 3.05) is 26.2 Å². The van der Waals surface area contributed by atoms with E-state index in [0.717, 1.165) is 11.1 Å². The number of piperazine rings is 1. The van der Waals surface area contributed by atoms with Gasteiger partial charge in [-0.15, -0.1) is 0 Å². The fourth-order valence-corrected chi connectivity index (χ4v) is 4.23. The van der Waals surface area contributed by atoms with Crippen LogP contribution in [0.3, 0.4) is 0 Å². The number of amides is 1. The van der Waals surface area contributed by atoms with E-state index < -0.39 is 29.6 Å². The molecule has 0 unspecified atom stereocenters. The molecule has 0 bridgehead atoms. The first kappa shape index (κ1) is 28.2. The first-order valence-electron chi connectivity index (χ1n) is 10.8. The van der Waals surface area contributed by atoms with E-state index in [-0.39, 0.29) is 12.3 Å². The average molecular weight is 535 g/mol. The molecule has 2 heterocycles. The maximum Gasteiger partial charge on any atom is 0.234 e. The van der Waals surface area contributed by atoms with Crippen molar-refractivity contribution in [1.82, 2.24) is 19.3 Å². The van der Waals surface area contributed by atoms with Crippen LogP contribution in [0.1, 0.15) is 39.1 Å². The molecule has 34 heavy (non-hydrogen) atoms. The van der Waals surface area contributed by atoms with Crippen LogP contribution in [-0.4, -0.2) is 78.8 Å². The molecule has 0 saturated carbocycles. The second-order valence-corrected chi connectivity index (χ2v) is 14.1. The zero-order valence-electron chi connectivity index (χ0n) is 19.9. The highest BCUT2D eigenvalue weighted by atomic mass is 35.7. The van der Waals surface area contributed by atoms with Gasteiger partial charge in [-0.05, 0) is 33.3 Å². The lowest BCUT2D eigenvalue weighted by atomic mass is 10.1. The smallest absolute Gasteiger partial charge is 0.234 e. The number of aromatic nitrogens is 2. The first-order chi connectivity index (χ1) is 15.7. The Labute approximate surface area is 205 Å². The summed E-state index contributed by atoms with van der Waals surface area (Å²) in [6.45, 7) is 9.68. The van der Waals surface area contributed by atoms with Gasteiger partial charge in [-0.1, -0.05) is 29.4 Å². The Kier molecular flexibility index (Phi) is 9.63. The van der Waals surface area contributed by atoms with Gasteiger partial charge in [0.25, 0.3) is 0 Å². The van der Waals surface area contributed by atoms with Gasteiger partial charge in [-0.2, -0.15) is 9.29 Å². The zero-order chi connectivity index (χ0) is 25.7. The molecule has 13 heteroatoms. The van der Waals surface area contributed by atoms with E-state index in [2.05, 4.69) is 10.1 Å². The van der Waals surface area contributed by atoms with Gasteiger partial charge in [-0.3, -0.25) is 4.79 Å². The second-order valence-electron chi connectivity index (χ2n) is 8.41. The van der Waals surface area contributed by atoms with Crippen LogP contribution in [0.2, 0.25) is 0 Å². The van der Waals surface area contributed by atoms with E-state index >= 15 is 0 Å². The van der Waals surface area contributed by atoms with Crippen LogP contribution in [0.25, 0.3) is 11.4 Å². The summed E-state index contributed by atoms with van der Waals surface area (Å²) in [5.41, 5.74) is 1.72. The van der Waals surface area contributed by atoms with Gasteiger partial charge < -0.3 is 9.42 Å². The van der Waals surface area contributed by atoms with E-state index in [1.807, 2.05) is 24.3 Å². The molecule has 0 atom stereocenters. The molecule has 0 N–H and O–H groups in total. The number of nitrogens with zero attached hydrogens (tertiary/aromatic N) is 4. The molecule has 1 fully saturated rings. The normalized spacial score (nSPS) is 15.4. The van der Waals surface area contributed by atoms with Crippen molar-refractivity contribution < 1.29 is 26.2 Å². The Hall–Kier alpha value is -2.02. The molecule has 1 aliphatic rings. The van der Waals surface area contributed by atoms with E-state index in [1.165, 1.54) is 18.2 Å². The van der Waals surface area contributed by atoms with Crippen molar-refractivity contribution in [3.8, 4) is 11.4 Å². The van der Waals surface area contributed by atoms with Gasteiger partial charge in [0, 0.05) is 49.3 Å². The molecule has 1 aromatic carbocycles. The highest BCUT2D eigenvalue weighted by Crippen LogP contribution is 2.18. The molecule has 0 aliphatic carbocycles. The lowest BCUT2D eigenvalue weighted by Crippen LogP contribution is -2.52. The molecule has 2 aromatic rings. The van der Waals surface area contributed by atoms with E-state index in [1.54, 1.807) is 25.7 Å². The molecule has 1 aromatic heterocycles. The average Bonchev–Trinajstić information content (AvgIpc) is 3.20. The third kappa shape index (κ3) is 7.76. The molecule has 1 saturated heterocycles. The summed E-state index contributed by atoms with van der Waals surface area (Å²) in [7, 11) is -1.69. The van der Waals surface area contributed by atoms with Crippen LogP contribution < -0.4 is 0 Å². The molecule has 3 rings (SSSR count). The predicted molar refractivity (Wildman–Crippen MR) is 130 cm³/mol. The third-order valence-corrected chi connectivity index (χ3v) is 9.68. The van der Waals surface area contributed by atoms with Crippen LogP contribution in [0.5, 0.6) is 0 Å².